The Hall–Kier alpha value is -3.13. The highest BCUT2D eigenvalue weighted by Gasteiger charge is 2.23. The van der Waals surface area contributed by atoms with Gasteiger partial charge in [0.25, 0.3) is 5.91 Å². The lowest BCUT2D eigenvalue weighted by Gasteiger charge is -2.18. The summed E-state index contributed by atoms with van der Waals surface area (Å²) in [4.78, 5) is 24.5. The highest BCUT2D eigenvalue weighted by atomic mass is 79.9. The fourth-order valence-electron chi connectivity index (χ4n) is 2.66. The number of nitrogens with zero attached hydrogens (tertiary/aromatic N) is 2. The molecular formula is C20H18BrN3O4. The third kappa shape index (κ3) is 4.58. The van der Waals surface area contributed by atoms with Crippen molar-refractivity contribution in [2.75, 3.05) is 7.11 Å². The normalized spacial score (nSPS) is 11.6. The van der Waals surface area contributed by atoms with Crippen molar-refractivity contribution in [1.29, 1.82) is 0 Å². The van der Waals surface area contributed by atoms with E-state index in [1.54, 1.807) is 24.3 Å². The van der Waals surface area contributed by atoms with E-state index in [-0.39, 0.29) is 17.9 Å². The summed E-state index contributed by atoms with van der Waals surface area (Å²) in [6.45, 7) is 0. The van der Waals surface area contributed by atoms with Gasteiger partial charge in [0.2, 0.25) is 0 Å². The summed E-state index contributed by atoms with van der Waals surface area (Å²) < 4.78 is 7.02. The molecule has 0 spiro atoms. The van der Waals surface area contributed by atoms with Crippen LogP contribution in [-0.2, 0) is 9.53 Å². The zero-order valence-corrected chi connectivity index (χ0v) is 16.6. The number of esters is 1. The van der Waals surface area contributed by atoms with Gasteiger partial charge >= 0.3 is 5.97 Å². The molecule has 0 radical (unpaired) electrons. The van der Waals surface area contributed by atoms with Crippen molar-refractivity contribution < 1.29 is 19.4 Å². The van der Waals surface area contributed by atoms with Crippen LogP contribution in [0, 0.1) is 0 Å². The van der Waals surface area contributed by atoms with Gasteiger partial charge in [-0.25, -0.2) is 4.68 Å². The molecule has 8 heteroatoms. The van der Waals surface area contributed by atoms with E-state index in [4.69, 9.17) is 4.74 Å². The first-order valence-electron chi connectivity index (χ1n) is 8.45. The summed E-state index contributed by atoms with van der Waals surface area (Å²) >= 11 is 3.36. The first-order valence-corrected chi connectivity index (χ1v) is 9.24. The van der Waals surface area contributed by atoms with Gasteiger partial charge < -0.3 is 15.2 Å². The Morgan fingerprint density at radius 1 is 1.18 bits per heavy atom. The summed E-state index contributed by atoms with van der Waals surface area (Å²) in [5.41, 5.74) is 1.30. The van der Waals surface area contributed by atoms with E-state index in [0.29, 0.717) is 5.69 Å². The molecule has 1 amide bonds. The van der Waals surface area contributed by atoms with Crippen LogP contribution in [0.5, 0.6) is 5.75 Å². The van der Waals surface area contributed by atoms with Crippen LogP contribution in [0.4, 0.5) is 0 Å². The van der Waals surface area contributed by atoms with Crippen LogP contribution in [0.1, 0.15) is 28.5 Å². The molecule has 1 aromatic heterocycles. The minimum atomic E-state index is -0.630. The van der Waals surface area contributed by atoms with Crippen molar-refractivity contribution in [2.45, 2.75) is 12.5 Å². The SMILES string of the molecule is COC(=O)CC(NC(=O)c1nn(-c2ccccc2)cc1O)c1ccc(Br)cc1. The van der Waals surface area contributed by atoms with Crippen LogP contribution in [0.3, 0.4) is 0 Å². The fourth-order valence-corrected chi connectivity index (χ4v) is 2.93. The number of methoxy groups -OCH3 is 1. The van der Waals surface area contributed by atoms with Gasteiger partial charge in [0, 0.05) is 4.47 Å². The largest absolute Gasteiger partial charge is 0.504 e. The van der Waals surface area contributed by atoms with Gasteiger partial charge in [-0.3, -0.25) is 9.59 Å². The summed E-state index contributed by atoms with van der Waals surface area (Å²) in [7, 11) is 1.29. The molecule has 7 nitrogen and oxygen atoms in total. The zero-order valence-electron chi connectivity index (χ0n) is 15.0. The average molecular weight is 444 g/mol. The lowest BCUT2D eigenvalue weighted by molar-refractivity contribution is -0.141. The van der Waals surface area contributed by atoms with Crippen molar-refractivity contribution >= 4 is 27.8 Å². The molecule has 0 bridgehead atoms. The topological polar surface area (TPSA) is 93.5 Å². The fraction of sp³-hybridized carbons (Fsp3) is 0.150. The maximum atomic E-state index is 12.7. The van der Waals surface area contributed by atoms with Gasteiger partial charge in [-0.05, 0) is 29.8 Å². The van der Waals surface area contributed by atoms with Crippen molar-refractivity contribution in [3.63, 3.8) is 0 Å². The van der Waals surface area contributed by atoms with E-state index >= 15 is 0 Å². The molecule has 0 fully saturated rings. The van der Waals surface area contributed by atoms with Gasteiger partial charge in [-0.15, -0.1) is 0 Å². The highest BCUT2D eigenvalue weighted by molar-refractivity contribution is 9.10. The summed E-state index contributed by atoms with van der Waals surface area (Å²) in [6, 6.07) is 15.7. The maximum absolute atomic E-state index is 12.7. The Morgan fingerprint density at radius 3 is 2.50 bits per heavy atom. The number of para-hydroxylation sites is 1. The third-order valence-electron chi connectivity index (χ3n) is 4.11. The molecule has 28 heavy (non-hydrogen) atoms. The maximum Gasteiger partial charge on any atom is 0.307 e. The van der Waals surface area contributed by atoms with Crippen molar-refractivity contribution in [2.24, 2.45) is 0 Å². The van der Waals surface area contributed by atoms with E-state index < -0.39 is 17.9 Å². The van der Waals surface area contributed by atoms with Gasteiger partial charge in [-0.2, -0.15) is 5.10 Å². The zero-order chi connectivity index (χ0) is 20.1. The van der Waals surface area contributed by atoms with Gasteiger partial charge in [0.15, 0.2) is 11.4 Å². The standard InChI is InChI=1S/C20H18BrN3O4/c1-28-18(26)11-16(13-7-9-14(21)10-8-13)22-20(27)19-17(25)12-24(23-19)15-5-3-2-4-6-15/h2-10,12,16,25H,11H2,1H3,(H,22,27). The molecule has 3 aromatic rings. The smallest absolute Gasteiger partial charge is 0.307 e. The predicted octanol–water partition coefficient (Wildman–Crippen LogP) is 3.37. The second-order valence-electron chi connectivity index (χ2n) is 6.00. The quantitative estimate of drug-likeness (QED) is 0.569. The minimum absolute atomic E-state index is 0.0516. The second-order valence-corrected chi connectivity index (χ2v) is 6.92. The van der Waals surface area contributed by atoms with Crippen molar-refractivity contribution in [3.8, 4) is 11.4 Å². The Bertz CT molecular complexity index is 971. The molecule has 1 heterocycles. The number of carbonyl (C=O) groups excluding carboxylic acids is 2. The van der Waals surface area contributed by atoms with E-state index in [2.05, 4.69) is 26.3 Å². The van der Waals surface area contributed by atoms with E-state index in [0.717, 1.165) is 10.0 Å². The number of nitrogens with one attached hydrogen (secondary N) is 1. The number of carbonyl (C=O) groups is 2. The van der Waals surface area contributed by atoms with Gasteiger partial charge in [-0.1, -0.05) is 46.3 Å². The van der Waals surface area contributed by atoms with Gasteiger partial charge in [0.1, 0.15) is 0 Å². The molecule has 0 saturated carbocycles. The van der Waals surface area contributed by atoms with E-state index in [9.17, 15) is 14.7 Å². The number of rotatable bonds is 6. The molecule has 0 aliphatic carbocycles. The van der Waals surface area contributed by atoms with Crippen molar-refractivity contribution in [3.05, 3.63) is 76.5 Å². The number of halogens is 1. The Morgan fingerprint density at radius 2 is 1.86 bits per heavy atom. The van der Waals surface area contributed by atoms with E-state index in [1.807, 2.05) is 30.3 Å². The molecular weight excluding hydrogens is 426 g/mol. The number of hydrogen-bond donors (Lipinski definition) is 2. The molecule has 1 unspecified atom stereocenters. The van der Waals surface area contributed by atoms with Crippen LogP contribution in [0.25, 0.3) is 5.69 Å². The van der Waals surface area contributed by atoms with Crippen LogP contribution in [-0.4, -0.2) is 33.9 Å². The number of aromatic nitrogens is 2. The number of hydrogen-bond acceptors (Lipinski definition) is 5. The molecule has 2 aromatic carbocycles. The first-order chi connectivity index (χ1) is 13.5. The molecule has 144 valence electrons. The van der Waals surface area contributed by atoms with Crippen LogP contribution in [0.2, 0.25) is 0 Å². The predicted molar refractivity (Wildman–Crippen MR) is 106 cm³/mol. The van der Waals surface area contributed by atoms with Gasteiger partial charge in [0.05, 0.1) is 31.5 Å². The molecule has 0 aliphatic heterocycles. The Kier molecular flexibility index (Phi) is 6.10. The van der Waals surface area contributed by atoms with E-state index in [1.165, 1.54) is 18.0 Å². The monoisotopic (exact) mass is 443 g/mol. The van der Waals surface area contributed by atoms with Crippen molar-refractivity contribution in [1.82, 2.24) is 15.1 Å². The number of aromatic hydroxyl groups is 1. The Labute approximate surface area is 170 Å². The minimum Gasteiger partial charge on any atom is -0.504 e. The molecule has 1 atom stereocenters. The number of ether oxygens (including phenoxy) is 1. The van der Waals surface area contributed by atoms with Crippen LogP contribution < -0.4 is 5.32 Å². The molecule has 0 aliphatic rings. The van der Waals surface area contributed by atoms with Crippen LogP contribution in [0.15, 0.2) is 65.3 Å². The summed E-state index contributed by atoms with van der Waals surface area (Å²) in [6.07, 6.45) is 1.31. The lowest BCUT2D eigenvalue weighted by Crippen LogP contribution is -2.31. The average Bonchev–Trinajstić information content (AvgIpc) is 3.10. The highest BCUT2D eigenvalue weighted by Crippen LogP contribution is 2.23. The number of amides is 1. The summed E-state index contributed by atoms with van der Waals surface area (Å²) in [5, 5.41) is 17.1. The lowest BCUT2D eigenvalue weighted by atomic mass is 10.0. The number of benzene rings is 2. The summed E-state index contributed by atoms with van der Waals surface area (Å²) in [5.74, 6) is -1.31. The molecule has 0 saturated heterocycles. The third-order valence-corrected chi connectivity index (χ3v) is 4.64. The Balaban J connectivity index is 1.84. The first kappa shape index (κ1) is 19.6. The second kappa shape index (κ2) is 8.71. The molecule has 3 rings (SSSR count). The molecule has 2 N–H and O–H groups in total. The van der Waals surface area contributed by atoms with Crippen LogP contribution >= 0.6 is 15.9 Å².